The van der Waals surface area contributed by atoms with E-state index in [1.54, 1.807) is 17.7 Å². The van der Waals surface area contributed by atoms with Gasteiger partial charge >= 0.3 is 0 Å². The van der Waals surface area contributed by atoms with Crippen LogP contribution in [0, 0.1) is 19.7 Å². The van der Waals surface area contributed by atoms with E-state index in [0.29, 0.717) is 17.0 Å². The van der Waals surface area contributed by atoms with Crippen LogP contribution < -0.4 is 5.73 Å². The van der Waals surface area contributed by atoms with Crippen molar-refractivity contribution in [2.45, 2.75) is 26.3 Å². The Hall–Kier alpha value is -1.39. The van der Waals surface area contributed by atoms with Crippen LogP contribution in [0.2, 0.25) is 5.02 Å². The maximum absolute atomic E-state index is 13.5. The zero-order valence-corrected chi connectivity index (χ0v) is 12.0. The first-order valence-electron chi connectivity index (χ1n) is 6.09. The summed E-state index contributed by atoms with van der Waals surface area (Å²) in [4.78, 5) is 0. The summed E-state index contributed by atoms with van der Waals surface area (Å²) in [7, 11) is 1.83. The zero-order chi connectivity index (χ0) is 14.2. The minimum atomic E-state index is -0.303. The number of nitrogens with two attached hydrogens (primary N) is 1. The molecule has 1 heterocycles. The molecule has 1 aromatic heterocycles. The number of nitrogens with zero attached hydrogens (tertiary/aromatic N) is 2. The highest BCUT2D eigenvalue weighted by atomic mass is 35.5. The predicted molar refractivity (Wildman–Crippen MR) is 74.7 cm³/mol. The first kappa shape index (κ1) is 14.0. The average Bonchev–Trinajstić information content (AvgIpc) is 2.59. The minimum Gasteiger partial charge on any atom is -0.324 e. The summed E-state index contributed by atoms with van der Waals surface area (Å²) in [6, 6.07) is 4.76. The summed E-state index contributed by atoms with van der Waals surface area (Å²) in [6.07, 6.45) is 0.526. The van der Waals surface area contributed by atoms with Gasteiger partial charge in [0, 0.05) is 19.5 Å². The van der Waals surface area contributed by atoms with Crippen LogP contribution in [0.5, 0.6) is 0 Å². The zero-order valence-electron chi connectivity index (χ0n) is 11.2. The molecule has 1 atom stereocenters. The lowest BCUT2D eigenvalue weighted by molar-refractivity contribution is 0.603. The van der Waals surface area contributed by atoms with Crippen LogP contribution in [-0.2, 0) is 13.5 Å². The Balaban J connectivity index is 2.25. The number of aromatic nitrogens is 2. The molecule has 0 fully saturated rings. The molecule has 1 unspecified atom stereocenters. The monoisotopic (exact) mass is 281 g/mol. The Labute approximate surface area is 117 Å². The van der Waals surface area contributed by atoms with Gasteiger partial charge in [-0.15, -0.1) is 0 Å². The second kappa shape index (κ2) is 5.31. The van der Waals surface area contributed by atoms with E-state index in [4.69, 9.17) is 17.3 Å². The summed E-state index contributed by atoms with van der Waals surface area (Å²) in [5.74, 6) is -0.236. The highest BCUT2D eigenvalue weighted by Crippen LogP contribution is 2.25. The van der Waals surface area contributed by atoms with Crippen LogP contribution in [0.15, 0.2) is 18.2 Å². The van der Waals surface area contributed by atoms with Crippen molar-refractivity contribution in [3.63, 3.8) is 0 Å². The second-order valence-electron chi connectivity index (χ2n) is 4.79. The lowest BCUT2D eigenvalue weighted by atomic mass is 10.0. The number of halogens is 2. The maximum Gasteiger partial charge on any atom is 0.126 e. The fraction of sp³-hybridized carbons (Fsp3) is 0.357. The molecule has 0 aliphatic heterocycles. The molecule has 0 aliphatic carbocycles. The molecule has 1 aromatic carbocycles. The number of hydrogen-bond acceptors (Lipinski definition) is 2. The molecule has 19 heavy (non-hydrogen) atoms. The molecule has 0 aliphatic rings. The molecular formula is C14H17ClFN3. The van der Waals surface area contributed by atoms with Crippen molar-refractivity contribution in [3.05, 3.63) is 51.6 Å². The minimum absolute atomic E-state index is 0.236. The van der Waals surface area contributed by atoms with E-state index in [-0.39, 0.29) is 11.9 Å². The summed E-state index contributed by atoms with van der Waals surface area (Å²) in [5.41, 5.74) is 9.15. The molecular weight excluding hydrogens is 265 g/mol. The van der Waals surface area contributed by atoms with Crippen LogP contribution in [0.4, 0.5) is 4.39 Å². The predicted octanol–water partition coefficient (Wildman–Crippen LogP) is 3.07. The third-order valence-corrected chi connectivity index (χ3v) is 3.79. The molecule has 0 spiro atoms. The van der Waals surface area contributed by atoms with Crippen LogP contribution in [0.1, 0.15) is 28.6 Å². The Morgan fingerprint density at radius 3 is 2.63 bits per heavy atom. The van der Waals surface area contributed by atoms with Crippen LogP contribution in [-0.4, -0.2) is 9.78 Å². The standard InChI is InChI=1S/C14H17ClFN3/c1-8-4-5-10(6-11(8)16)12(17)7-13-14(15)9(2)18-19(13)3/h4-6,12H,7,17H2,1-3H3. The topological polar surface area (TPSA) is 43.8 Å². The quantitative estimate of drug-likeness (QED) is 0.940. The molecule has 0 saturated carbocycles. The third-order valence-electron chi connectivity index (χ3n) is 3.30. The number of hydrogen-bond donors (Lipinski definition) is 1. The van der Waals surface area contributed by atoms with Gasteiger partial charge in [0.1, 0.15) is 5.82 Å². The van der Waals surface area contributed by atoms with Gasteiger partial charge in [0.05, 0.1) is 16.4 Å². The molecule has 2 aromatic rings. The van der Waals surface area contributed by atoms with Gasteiger partial charge < -0.3 is 5.73 Å². The molecule has 5 heteroatoms. The maximum atomic E-state index is 13.5. The van der Waals surface area contributed by atoms with Crippen molar-refractivity contribution in [2.24, 2.45) is 12.8 Å². The lowest BCUT2D eigenvalue weighted by Gasteiger charge is -2.13. The van der Waals surface area contributed by atoms with Crippen LogP contribution >= 0.6 is 11.6 Å². The van der Waals surface area contributed by atoms with E-state index in [2.05, 4.69) is 5.10 Å². The first-order valence-corrected chi connectivity index (χ1v) is 6.47. The van der Waals surface area contributed by atoms with Gasteiger partial charge in [-0.25, -0.2) is 4.39 Å². The van der Waals surface area contributed by atoms with Crippen molar-refractivity contribution >= 4 is 11.6 Å². The van der Waals surface area contributed by atoms with Crippen molar-refractivity contribution in [3.8, 4) is 0 Å². The lowest BCUT2D eigenvalue weighted by Crippen LogP contribution is -2.16. The normalized spacial score (nSPS) is 12.7. The van der Waals surface area contributed by atoms with E-state index >= 15 is 0 Å². The SMILES string of the molecule is Cc1ccc(C(N)Cc2c(Cl)c(C)nn2C)cc1F. The first-order chi connectivity index (χ1) is 8.90. The highest BCUT2D eigenvalue weighted by molar-refractivity contribution is 6.31. The van der Waals surface area contributed by atoms with E-state index in [1.165, 1.54) is 6.07 Å². The van der Waals surface area contributed by atoms with Gasteiger partial charge in [0.25, 0.3) is 0 Å². The average molecular weight is 282 g/mol. The van der Waals surface area contributed by atoms with E-state index in [9.17, 15) is 4.39 Å². The van der Waals surface area contributed by atoms with Gasteiger partial charge in [-0.1, -0.05) is 23.7 Å². The molecule has 0 bridgehead atoms. The molecule has 2 N–H and O–H groups in total. The van der Waals surface area contributed by atoms with Crippen molar-refractivity contribution < 1.29 is 4.39 Å². The van der Waals surface area contributed by atoms with Gasteiger partial charge in [-0.2, -0.15) is 5.10 Å². The molecule has 0 amide bonds. The Bertz CT molecular complexity index is 607. The smallest absolute Gasteiger partial charge is 0.126 e. The van der Waals surface area contributed by atoms with Gasteiger partial charge in [-0.05, 0) is 31.0 Å². The molecule has 0 radical (unpaired) electrons. The van der Waals surface area contributed by atoms with Gasteiger partial charge in [0.15, 0.2) is 0 Å². The summed E-state index contributed by atoms with van der Waals surface area (Å²) < 4.78 is 15.3. The molecule has 3 nitrogen and oxygen atoms in total. The largest absolute Gasteiger partial charge is 0.324 e. The van der Waals surface area contributed by atoms with Crippen LogP contribution in [0.25, 0.3) is 0 Å². The molecule has 2 rings (SSSR count). The Kier molecular flexibility index (Phi) is 3.92. The summed E-state index contributed by atoms with van der Waals surface area (Å²) in [6.45, 7) is 3.58. The van der Waals surface area contributed by atoms with Gasteiger partial charge in [0.2, 0.25) is 0 Å². The highest BCUT2D eigenvalue weighted by Gasteiger charge is 2.16. The number of aryl methyl sites for hydroxylation is 3. The third kappa shape index (κ3) is 2.80. The van der Waals surface area contributed by atoms with E-state index in [0.717, 1.165) is 17.0 Å². The summed E-state index contributed by atoms with van der Waals surface area (Å²) >= 11 is 6.19. The fourth-order valence-electron chi connectivity index (χ4n) is 2.07. The fourth-order valence-corrected chi connectivity index (χ4v) is 2.31. The molecule has 0 saturated heterocycles. The van der Waals surface area contributed by atoms with E-state index < -0.39 is 0 Å². The van der Waals surface area contributed by atoms with Crippen molar-refractivity contribution in [1.82, 2.24) is 9.78 Å². The van der Waals surface area contributed by atoms with Crippen molar-refractivity contribution in [1.29, 1.82) is 0 Å². The summed E-state index contributed by atoms with van der Waals surface area (Å²) in [5, 5.41) is 4.87. The Morgan fingerprint density at radius 1 is 1.42 bits per heavy atom. The number of rotatable bonds is 3. The van der Waals surface area contributed by atoms with Gasteiger partial charge in [-0.3, -0.25) is 4.68 Å². The van der Waals surface area contributed by atoms with Crippen molar-refractivity contribution in [2.75, 3.05) is 0 Å². The second-order valence-corrected chi connectivity index (χ2v) is 5.17. The molecule has 102 valence electrons. The Morgan fingerprint density at radius 2 is 2.11 bits per heavy atom. The van der Waals surface area contributed by atoms with E-state index in [1.807, 2.05) is 20.0 Å². The van der Waals surface area contributed by atoms with Crippen LogP contribution in [0.3, 0.4) is 0 Å². The number of benzene rings is 1.